The van der Waals surface area contributed by atoms with Gasteiger partial charge in [0.15, 0.2) is 5.76 Å². The fraction of sp³-hybridized carbons (Fsp3) is 0.348. The van der Waals surface area contributed by atoms with E-state index in [2.05, 4.69) is 4.90 Å². The molecule has 0 N–H and O–H groups in total. The third kappa shape index (κ3) is 3.15. The van der Waals surface area contributed by atoms with Crippen LogP contribution in [-0.2, 0) is 6.54 Å². The fourth-order valence-corrected chi connectivity index (χ4v) is 4.65. The number of nitro groups is 1. The molecule has 2 aromatic rings. The summed E-state index contributed by atoms with van der Waals surface area (Å²) in [5.74, 6) is 1.28. The van der Waals surface area contributed by atoms with E-state index in [1.807, 2.05) is 13.0 Å². The fourth-order valence-electron chi connectivity index (χ4n) is 4.65. The van der Waals surface area contributed by atoms with Crippen molar-refractivity contribution in [2.75, 3.05) is 6.73 Å². The molecule has 0 amide bonds. The minimum absolute atomic E-state index is 0.0284. The van der Waals surface area contributed by atoms with Crippen LogP contribution in [0.25, 0.3) is 6.08 Å². The molecule has 0 spiro atoms. The monoisotopic (exact) mass is 406 g/mol. The summed E-state index contributed by atoms with van der Waals surface area (Å²) in [6.07, 6.45) is 6.46. The molecular formula is C23H22N2O5. The predicted molar refractivity (Wildman–Crippen MR) is 111 cm³/mol. The highest BCUT2D eigenvalue weighted by atomic mass is 16.6. The van der Waals surface area contributed by atoms with Crippen LogP contribution in [0.15, 0.2) is 36.1 Å². The summed E-state index contributed by atoms with van der Waals surface area (Å²) in [5, 5.41) is 11.0. The van der Waals surface area contributed by atoms with E-state index in [1.54, 1.807) is 18.2 Å². The molecule has 2 aliphatic heterocycles. The van der Waals surface area contributed by atoms with Crippen molar-refractivity contribution in [1.82, 2.24) is 4.90 Å². The number of carbonyl (C=O) groups is 1. The molecule has 2 heterocycles. The number of Topliss-reactive ketones (excluding diaryl/α,β-unsaturated/α-hetero) is 1. The molecule has 7 heteroatoms. The van der Waals surface area contributed by atoms with Crippen molar-refractivity contribution >= 4 is 17.5 Å². The first-order valence-corrected chi connectivity index (χ1v) is 10.2. The van der Waals surface area contributed by atoms with E-state index in [4.69, 9.17) is 9.47 Å². The lowest BCUT2D eigenvalue weighted by atomic mass is 9.99. The Hall–Kier alpha value is -3.19. The Kier molecular flexibility index (Phi) is 4.55. The molecule has 0 atom stereocenters. The number of ether oxygens (including phenoxy) is 2. The number of non-ortho nitro benzene ring substituents is 1. The van der Waals surface area contributed by atoms with Crippen LogP contribution in [0.2, 0.25) is 0 Å². The van der Waals surface area contributed by atoms with Crippen molar-refractivity contribution in [1.29, 1.82) is 0 Å². The zero-order valence-electron chi connectivity index (χ0n) is 16.7. The molecule has 5 rings (SSSR count). The first kappa shape index (κ1) is 18.8. The number of carbonyl (C=O) groups excluding carboxylic acids is 1. The summed E-state index contributed by atoms with van der Waals surface area (Å²) in [6, 6.07) is 8.57. The van der Waals surface area contributed by atoms with Crippen LogP contribution in [0.4, 0.5) is 5.69 Å². The van der Waals surface area contributed by atoms with Gasteiger partial charge >= 0.3 is 0 Å². The topological polar surface area (TPSA) is 81.9 Å². The van der Waals surface area contributed by atoms with Gasteiger partial charge in [0.2, 0.25) is 5.78 Å². The SMILES string of the molecule is Cc1c2c(cc3c1O/C(=C\c1cccc([N+](=O)[O-])c1)C3=O)CN(C1CCCC1)CO2. The van der Waals surface area contributed by atoms with Crippen molar-refractivity contribution in [2.45, 2.75) is 45.2 Å². The second-order valence-corrected chi connectivity index (χ2v) is 8.12. The number of rotatable bonds is 3. The Morgan fingerprint density at radius 2 is 2.00 bits per heavy atom. The molecule has 0 saturated heterocycles. The lowest BCUT2D eigenvalue weighted by molar-refractivity contribution is -0.384. The summed E-state index contributed by atoms with van der Waals surface area (Å²) in [7, 11) is 0. The van der Waals surface area contributed by atoms with E-state index >= 15 is 0 Å². The maximum Gasteiger partial charge on any atom is 0.270 e. The van der Waals surface area contributed by atoms with E-state index < -0.39 is 4.92 Å². The Morgan fingerprint density at radius 3 is 2.77 bits per heavy atom. The molecule has 0 radical (unpaired) electrons. The molecule has 7 nitrogen and oxygen atoms in total. The average molecular weight is 406 g/mol. The highest BCUT2D eigenvalue weighted by Crippen LogP contribution is 2.44. The zero-order valence-corrected chi connectivity index (χ0v) is 16.7. The van der Waals surface area contributed by atoms with Crippen molar-refractivity contribution in [3.8, 4) is 11.5 Å². The number of nitrogens with zero attached hydrogens (tertiary/aromatic N) is 2. The summed E-state index contributed by atoms with van der Waals surface area (Å²) >= 11 is 0. The zero-order chi connectivity index (χ0) is 20.8. The van der Waals surface area contributed by atoms with Gasteiger partial charge in [0, 0.05) is 35.8 Å². The van der Waals surface area contributed by atoms with Gasteiger partial charge in [0.1, 0.15) is 18.2 Å². The molecule has 154 valence electrons. The van der Waals surface area contributed by atoms with Crippen LogP contribution >= 0.6 is 0 Å². The van der Waals surface area contributed by atoms with Crippen LogP contribution < -0.4 is 9.47 Å². The standard InChI is InChI=1S/C23H22N2O5/c1-14-22-16(12-24(13-29-22)17-6-2-3-7-17)11-19-21(26)20(30-23(14)19)10-15-5-4-8-18(9-15)25(27)28/h4-5,8-11,17H,2-3,6-7,12-13H2,1H3/b20-10-. The quantitative estimate of drug-likeness (QED) is 0.420. The number of allylic oxidation sites excluding steroid dienone is 1. The lowest BCUT2D eigenvalue weighted by Crippen LogP contribution is -2.39. The van der Waals surface area contributed by atoms with E-state index in [-0.39, 0.29) is 17.2 Å². The Balaban J connectivity index is 1.46. The second-order valence-electron chi connectivity index (χ2n) is 8.12. The Labute approximate surface area is 174 Å². The van der Waals surface area contributed by atoms with Gasteiger partial charge in [-0.05, 0) is 37.5 Å². The molecule has 1 aliphatic carbocycles. The van der Waals surface area contributed by atoms with E-state index in [0.29, 0.717) is 29.6 Å². The average Bonchev–Trinajstić information content (AvgIpc) is 3.38. The van der Waals surface area contributed by atoms with Gasteiger partial charge < -0.3 is 9.47 Å². The van der Waals surface area contributed by atoms with Crippen LogP contribution in [0.5, 0.6) is 11.5 Å². The van der Waals surface area contributed by atoms with Gasteiger partial charge in [-0.25, -0.2) is 0 Å². The number of benzene rings is 2. The van der Waals surface area contributed by atoms with Gasteiger partial charge in [-0.15, -0.1) is 0 Å². The third-order valence-electron chi connectivity index (χ3n) is 6.18. The first-order chi connectivity index (χ1) is 14.5. The largest absolute Gasteiger partial charge is 0.477 e. The van der Waals surface area contributed by atoms with E-state index in [1.165, 1.54) is 37.8 Å². The summed E-state index contributed by atoms with van der Waals surface area (Å²) in [6.45, 7) is 3.24. The maximum atomic E-state index is 13.0. The number of ketones is 1. The van der Waals surface area contributed by atoms with Crippen molar-refractivity contribution < 1.29 is 19.2 Å². The molecular weight excluding hydrogens is 384 g/mol. The summed E-state index contributed by atoms with van der Waals surface area (Å²) in [4.78, 5) is 25.9. The van der Waals surface area contributed by atoms with E-state index in [0.717, 1.165) is 23.4 Å². The van der Waals surface area contributed by atoms with Gasteiger partial charge in [-0.2, -0.15) is 0 Å². The normalized spacial score (nSPS) is 20.0. The number of hydrogen-bond donors (Lipinski definition) is 0. The van der Waals surface area contributed by atoms with Crippen LogP contribution in [0.3, 0.4) is 0 Å². The molecule has 30 heavy (non-hydrogen) atoms. The molecule has 0 bridgehead atoms. The first-order valence-electron chi connectivity index (χ1n) is 10.2. The van der Waals surface area contributed by atoms with Crippen LogP contribution in [0.1, 0.15) is 52.7 Å². The highest BCUT2D eigenvalue weighted by molar-refractivity contribution is 6.15. The minimum Gasteiger partial charge on any atom is -0.477 e. The molecule has 2 aromatic carbocycles. The number of hydrogen-bond acceptors (Lipinski definition) is 6. The lowest BCUT2D eigenvalue weighted by Gasteiger charge is -2.34. The Morgan fingerprint density at radius 1 is 1.20 bits per heavy atom. The van der Waals surface area contributed by atoms with Gasteiger partial charge in [0.05, 0.1) is 10.5 Å². The minimum atomic E-state index is -0.459. The number of nitro benzene ring substituents is 1. The maximum absolute atomic E-state index is 13.0. The highest BCUT2D eigenvalue weighted by Gasteiger charge is 2.35. The van der Waals surface area contributed by atoms with Gasteiger partial charge in [-0.1, -0.05) is 25.0 Å². The summed E-state index contributed by atoms with van der Waals surface area (Å²) < 4.78 is 12.0. The van der Waals surface area contributed by atoms with Gasteiger partial charge in [-0.3, -0.25) is 19.8 Å². The molecule has 3 aliphatic rings. The summed E-state index contributed by atoms with van der Waals surface area (Å²) in [5.41, 5.74) is 2.88. The Bertz CT molecular complexity index is 1090. The molecule has 0 aromatic heterocycles. The van der Waals surface area contributed by atoms with Crippen molar-refractivity contribution in [3.63, 3.8) is 0 Å². The predicted octanol–water partition coefficient (Wildman–Crippen LogP) is 4.61. The van der Waals surface area contributed by atoms with Crippen molar-refractivity contribution in [3.05, 3.63) is 68.5 Å². The molecule has 0 unspecified atom stereocenters. The second kappa shape index (κ2) is 7.25. The smallest absolute Gasteiger partial charge is 0.270 e. The van der Waals surface area contributed by atoms with Crippen LogP contribution in [-0.4, -0.2) is 28.4 Å². The number of fused-ring (bicyclic) bond motifs is 2. The third-order valence-corrected chi connectivity index (χ3v) is 6.18. The van der Waals surface area contributed by atoms with Crippen molar-refractivity contribution in [2.24, 2.45) is 0 Å². The van der Waals surface area contributed by atoms with Crippen LogP contribution in [0, 0.1) is 17.0 Å². The van der Waals surface area contributed by atoms with Gasteiger partial charge in [0.25, 0.3) is 5.69 Å². The molecule has 1 fully saturated rings. The van der Waals surface area contributed by atoms with E-state index in [9.17, 15) is 14.9 Å². The molecule has 1 saturated carbocycles.